The minimum atomic E-state index is -0.891. The maximum atomic E-state index is 15.1. The number of fused-ring (bicyclic) bond motifs is 1. The van der Waals surface area contributed by atoms with Gasteiger partial charge in [0.1, 0.15) is 11.6 Å². The Hall–Kier alpha value is -3.14. The fraction of sp³-hybridized carbons (Fsp3) is 0.312. The van der Waals surface area contributed by atoms with Gasteiger partial charge in [0, 0.05) is 5.39 Å². The van der Waals surface area contributed by atoms with Gasteiger partial charge in [0.05, 0.1) is 0 Å². The van der Waals surface area contributed by atoms with E-state index in [2.05, 4.69) is 6.92 Å². The van der Waals surface area contributed by atoms with E-state index in [1.54, 1.807) is 18.2 Å². The van der Waals surface area contributed by atoms with E-state index in [1.165, 1.54) is 25.3 Å². The minimum Gasteiger partial charge on any atom is -0.207 e. The Labute approximate surface area is 211 Å². The molecule has 0 heterocycles. The summed E-state index contributed by atoms with van der Waals surface area (Å²) < 4.78 is 56.3. The van der Waals surface area contributed by atoms with Crippen LogP contribution in [0.5, 0.6) is 0 Å². The molecule has 4 rings (SSSR count). The molecule has 0 aromatic heterocycles. The average Bonchev–Trinajstić information content (AvgIpc) is 2.87. The molecule has 0 nitrogen and oxygen atoms in total. The van der Waals surface area contributed by atoms with Crippen molar-refractivity contribution in [3.63, 3.8) is 0 Å². The van der Waals surface area contributed by atoms with Crippen molar-refractivity contribution < 1.29 is 17.6 Å². The first-order chi connectivity index (χ1) is 17.4. The molecule has 0 saturated carbocycles. The first-order valence-electron chi connectivity index (χ1n) is 12.9. The lowest BCUT2D eigenvalue weighted by Gasteiger charge is -2.10. The van der Waals surface area contributed by atoms with Crippen LogP contribution in [-0.2, 0) is 32.1 Å². The Balaban J connectivity index is 1.38. The zero-order valence-corrected chi connectivity index (χ0v) is 20.7. The number of halogens is 4. The number of benzene rings is 4. The molecule has 4 aromatic carbocycles. The van der Waals surface area contributed by atoms with E-state index in [1.807, 2.05) is 30.3 Å². The van der Waals surface area contributed by atoms with Gasteiger partial charge in [-0.2, -0.15) is 0 Å². The van der Waals surface area contributed by atoms with E-state index in [0.29, 0.717) is 47.8 Å². The lowest BCUT2D eigenvalue weighted by Crippen LogP contribution is -1.99. The average molecular weight is 493 g/mol. The Morgan fingerprint density at radius 1 is 0.500 bits per heavy atom. The van der Waals surface area contributed by atoms with Crippen molar-refractivity contribution in [2.45, 2.75) is 64.7 Å². The minimum absolute atomic E-state index is 0.152. The largest absolute Gasteiger partial charge is 0.207 e. The third-order valence-corrected chi connectivity index (χ3v) is 6.88. The van der Waals surface area contributed by atoms with E-state index < -0.39 is 11.6 Å². The van der Waals surface area contributed by atoms with Crippen molar-refractivity contribution in [3.05, 3.63) is 118 Å². The first kappa shape index (κ1) is 25.9. The molecule has 0 spiro atoms. The molecule has 4 heteroatoms. The number of rotatable bonds is 11. The maximum absolute atomic E-state index is 15.1. The van der Waals surface area contributed by atoms with Crippen molar-refractivity contribution in [3.8, 4) is 0 Å². The highest BCUT2D eigenvalue weighted by Gasteiger charge is 2.11. The lowest BCUT2D eigenvalue weighted by molar-refractivity contribution is 0.507. The molecule has 0 fully saturated rings. The molecule has 0 atom stereocenters. The Bertz CT molecular complexity index is 1330. The van der Waals surface area contributed by atoms with Crippen LogP contribution in [0.2, 0.25) is 0 Å². The summed E-state index contributed by atoms with van der Waals surface area (Å²) >= 11 is 0. The topological polar surface area (TPSA) is 0 Å². The standard InChI is InChI=1S/C32H32F4/c1-2-3-4-5-6-22-7-12-25(30(34)20-22)13-8-23-10-17-28-27(19-23)16-15-26(32(28)36)14-9-24-11-18-29(33)31(35)21-24/h7,10-12,15-21H,2-6,8-9,13-14H2,1H3. The predicted octanol–water partition coefficient (Wildman–Crippen LogP) is 9.09. The van der Waals surface area contributed by atoms with Crippen LogP contribution in [0.25, 0.3) is 10.8 Å². The summed E-state index contributed by atoms with van der Waals surface area (Å²) in [5.41, 5.74) is 3.94. The van der Waals surface area contributed by atoms with Gasteiger partial charge in [0.15, 0.2) is 11.6 Å². The summed E-state index contributed by atoms with van der Waals surface area (Å²) in [6, 6.07) is 18.6. The molecule has 0 N–H and O–H groups in total. The smallest absolute Gasteiger partial charge is 0.159 e. The highest BCUT2D eigenvalue weighted by Crippen LogP contribution is 2.25. The Morgan fingerprint density at radius 3 is 1.89 bits per heavy atom. The van der Waals surface area contributed by atoms with Crippen molar-refractivity contribution in [2.24, 2.45) is 0 Å². The fourth-order valence-corrected chi connectivity index (χ4v) is 4.69. The van der Waals surface area contributed by atoms with Crippen LogP contribution in [0.4, 0.5) is 17.6 Å². The van der Waals surface area contributed by atoms with Gasteiger partial charge in [0.2, 0.25) is 0 Å². The lowest BCUT2D eigenvalue weighted by atomic mass is 9.96. The highest BCUT2D eigenvalue weighted by molar-refractivity contribution is 5.84. The summed E-state index contributed by atoms with van der Waals surface area (Å²) in [7, 11) is 0. The van der Waals surface area contributed by atoms with E-state index >= 15 is 4.39 Å². The Kier molecular flexibility index (Phi) is 8.79. The summed E-state index contributed by atoms with van der Waals surface area (Å²) in [6.07, 6.45) is 7.65. The van der Waals surface area contributed by atoms with Crippen LogP contribution in [0.1, 0.15) is 60.4 Å². The van der Waals surface area contributed by atoms with E-state index in [9.17, 15) is 13.2 Å². The van der Waals surface area contributed by atoms with Crippen LogP contribution in [0.3, 0.4) is 0 Å². The number of hydrogen-bond acceptors (Lipinski definition) is 0. The van der Waals surface area contributed by atoms with Gasteiger partial charge in [-0.15, -0.1) is 0 Å². The van der Waals surface area contributed by atoms with Gasteiger partial charge in [-0.3, -0.25) is 0 Å². The van der Waals surface area contributed by atoms with E-state index in [4.69, 9.17) is 0 Å². The summed E-state index contributed by atoms with van der Waals surface area (Å²) in [4.78, 5) is 0. The van der Waals surface area contributed by atoms with E-state index in [-0.39, 0.29) is 11.6 Å². The van der Waals surface area contributed by atoms with Crippen LogP contribution in [-0.4, -0.2) is 0 Å². The summed E-state index contributed by atoms with van der Waals surface area (Å²) in [5, 5.41) is 1.32. The van der Waals surface area contributed by atoms with Crippen LogP contribution in [0.15, 0.2) is 66.7 Å². The van der Waals surface area contributed by atoms with Gasteiger partial charge in [0.25, 0.3) is 0 Å². The molecule has 0 saturated heterocycles. The molecule has 4 aromatic rings. The monoisotopic (exact) mass is 492 g/mol. The second-order valence-electron chi connectivity index (χ2n) is 9.58. The summed E-state index contributed by atoms with van der Waals surface area (Å²) in [5.74, 6) is -2.22. The van der Waals surface area contributed by atoms with Gasteiger partial charge in [-0.25, -0.2) is 17.6 Å². The first-order valence-corrected chi connectivity index (χ1v) is 12.9. The van der Waals surface area contributed by atoms with Crippen LogP contribution < -0.4 is 0 Å². The molecule has 0 bridgehead atoms. The molecule has 36 heavy (non-hydrogen) atoms. The Morgan fingerprint density at radius 2 is 1.14 bits per heavy atom. The quantitative estimate of drug-likeness (QED) is 0.145. The van der Waals surface area contributed by atoms with Crippen molar-refractivity contribution in [2.75, 3.05) is 0 Å². The van der Waals surface area contributed by atoms with Gasteiger partial charge >= 0.3 is 0 Å². The number of unbranched alkanes of at least 4 members (excludes halogenated alkanes) is 3. The molecular weight excluding hydrogens is 460 g/mol. The van der Waals surface area contributed by atoms with Crippen LogP contribution in [0, 0.1) is 23.3 Å². The normalized spacial score (nSPS) is 11.4. The van der Waals surface area contributed by atoms with Gasteiger partial charge in [-0.1, -0.05) is 74.7 Å². The van der Waals surface area contributed by atoms with Gasteiger partial charge < -0.3 is 0 Å². The second kappa shape index (κ2) is 12.2. The zero-order valence-electron chi connectivity index (χ0n) is 20.7. The summed E-state index contributed by atoms with van der Waals surface area (Å²) in [6.45, 7) is 2.18. The number of aryl methyl sites for hydroxylation is 5. The molecule has 0 unspecified atom stereocenters. The molecule has 188 valence electrons. The molecule has 0 amide bonds. The van der Waals surface area contributed by atoms with E-state index in [0.717, 1.165) is 41.5 Å². The molecule has 0 aliphatic heterocycles. The SMILES string of the molecule is CCCCCCc1ccc(CCc2ccc3c(F)c(CCc4ccc(F)c(F)c4)ccc3c2)c(F)c1. The predicted molar refractivity (Wildman–Crippen MR) is 139 cm³/mol. The van der Waals surface area contributed by atoms with Crippen LogP contribution >= 0.6 is 0 Å². The maximum Gasteiger partial charge on any atom is 0.159 e. The van der Waals surface area contributed by atoms with Crippen molar-refractivity contribution >= 4 is 10.8 Å². The second-order valence-corrected chi connectivity index (χ2v) is 9.58. The fourth-order valence-electron chi connectivity index (χ4n) is 4.69. The van der Waals surface area contributed by atoms with Crippen molar-refractivity contribution in [1.82, 2.24) is 0 Å². The molecule has 0 radical (unpaired) electrons. The third-order valence-electron chi connectivity index (χ3n) is 6.88. The molecule has 0 aliphatic rings. The zero-order chi connectivity index (χ0) is 25.5. The third kappa shape index (κ3) is 6.54. The number of hydrogen-bond donors (Lipinski definition) is 0. The molecule has 0 aliphatic carbocycles. The highest BCUT2D eigenvalue weighted by atomic mass is 19.2. The molecular formula is C32H32F4. The van der Waals surface area contributed by atoms with Crippen molar-refractivity contribution in [1.29, 1.82) is 0 Å². The van der Waals surface area contributed by atoms with Gasteiger partial charge in [-0.05, 0) is 89.9 Å².